The van der Waals surface area contributed by atoms with Crippen LogP contribution in [0.5, 0.6) is 5.75 Å². The Balaban J connectivity index is 1.64. The van der Waals surface area contributed by atoms with Crippen molar-refractivity contribution in [2.75, 3.05) is 57.7 Å². The number of piperidine rings is 1. The molecule has 2 atom stereocenters. The summed E-state index contributed by atoms with van der Waals surface area (Å²) in [6.07, 6.45) is -5.51. The van der Waals surface area contributed by atoms with Crippen LogP contribution in [0.15, 0.2) is 36.4 Å². The van der Waals surface area contributed by atoms with Gasteiger partial charge >= 0.3 is 6.18 Å². The molecule has 0 radical (unpaired) electrons. The SMILES string of the molecule is [2H]C([2H])([2H])Oc1cc(P(C)(C)=O)ccc1NCC#Cc1sc2c(NC3C(C)CN(C)CC3C)cccc2c1CC(F)(F)F. The Hall–Kier alpha value is -2.66. The Bertz CT molecular complexity index is 1560. The summed E-state index contributed by atoms with van der Waals surface area (Å²) in [7, 11) is -3.32. The first kappa shape index (κ1) is 26.3. The van der Waals surface area contributed by atoms with Crippen LogP contribution in [-0.4, -0.2) is 64.2 Å². The van der Waals surface area contributed by atoms with E-state index in [0.29, 0.717) is 33.1 Å². The fourth-order valence-electron chi connectivity index (χ4n) is 5.41. The molecule has 1 aromatic heterocycles. The van der Waals surface area contributed by atoms with Crippen molar-refractivity contribution in [3.05, 3.63) is 46.8 Å². The van der Waals surface area contributed by atoms with Gasteiger partial charge in [-0.2, -0.15) is 13.2 Å². The summed E-state index contributed by atoms with van der Waals surface area (Å²) in [4.78, 5) is 2.63. The standard InChI is InChI=1S/C30H37F3N3O2PS/c1-19-17-36(3)18-20(2)28(19)35-25-10-7-9-22-23(16-30(31,32)33)27(40-29(22)25)11-8-14-34-24-13-12-21(39(5,6)37)15-26(24)38-4/h7,9-10,12-13,15,19-20,28,34-35H,14,16-18H2,1-6H3/i4D3. The van der Waals surface area contributed by atoms with Gasteiger partial charge in [-0.25, -0.2) is 0 Å². The summed E-state index contributed by atoms with van der Waals surface area (Å²) in [6, 6.07) is 10.2. The zero-order valence-corrected chi connectivity index (χ0v) is 25.0. The van der Waals surface area contributed by atoms with Gasteiger partial charge in [0.2, 0.25) is 0 Å². The van der Waals surface area contributed by atoms with E-state index >= 15 is 0 Å². The molecule has 1 aliphatic heterocycles. The largest absolute Gasteiger partial charge is 0.495 e. The maximum absolute atomic E-state index is 13.7. The number of rotatable bonds is 7. The molecule has 0 amide bonds. The van der Waals surface area contributed by atoms with Gasteiger partial charge in [0.15, 0.2) is 0 Å². The number of benzene rings is 2. The fourth-order valence-corrected chi connectivity index (χ4v) is 7.44. The Morgan fingerprint density at radius 1 is 1.18 bits per heavy atom. The highest BCUT2D eigenvalue weighted by molar-refractivity contribution is 7.70. The lowest BCUT2D eigenvalue weighted by atomic mass is 9.86. The van der Waals surface area contributed by atoms with Crippen molar-refractivity contribution in [1.29, 1.82) is 0 Å². The molecule has 5 nitrogen and oxygen atoms in total. The van der Waals surface area contributed by atoms with E-state index in [9.17, 15) is 17.7 Å². The first-order chi connectivity index (χ1) is 19.9. The number of hydrogen-bond donors (Lipinski definition) is 2. The zero-order chi connectivity index (χ0) is 31.7. The fraction of sp³-hybridized carbons (Fsp3) is 0.467. The Morgan fingerprint density at radius 3 is 2.55 bits per heavy atom. The molecule has 0 saturated carbocycles. The molecule has 4 rings (SSSR count). The molecule has 216 valence electrons. The minimum Gasteiger partial charge on any atom is -0.495 e. The smallest absolute Gasteiger partial charge is 0.393 e. The monoisotopic (exact) mass is 594 g/mol. The van der Waals surface area contributed by atoms with Crippen LogP contribution in [0.25, 0.3) is 10.1 Å². The summed E-state index contributed by atoms with van der Waals surface area (Å²) in [5.41, 5.74) is 1.27. The molecule has 40 heavy (non-hydrogen) atoms. The van der Waals surface area contributed by atoms with Gasteiger partial charge in [-0.3, -0.25) is 0 Å². The molecule has 0 bridgehead atoms. The van der Waals surface area contributed by atoms with Gasteiger partial charge in [0.1, 0.15) is 12.9 Å². The number of thiophene rings is 1. The van der Waals surface area contributed by atoms with Crippen molar-refractivity contribution >= 4 is 45.2 Å². The first-order valence-corrected chi connectivity index (χ1v) is 16.5. The normalized spacial score (nSPS) is 21.6. The van der Waals surface area contributed by atoms with Crippen molar-refractivity contribution in [3.8, 4) is 17.6 Å². The Kier molecular flexibility index (Phi) is 7.92. The number of ether oxygens (including phenoxy) is 1. The van der Waals surface area contributed by atoms with E-state index in [2.05, 4.69) is 48.3 Å². The molecule has 3 aromatic rings. The second-order valence-corrected chi connectivity index (χ2v) is 15.3. The van der Waals surface area contributed by atoms with Crippen molar-refractivity contribution in [1.82, 2.24) is 4.90 Å². The molecule has 2 unspecified atom stereocenters. The van der Waals surface area contributed by atoms with Crippen LogP contribution in [0.2, 0.25) is 0 Å². The van der Waals surface area contributed by atoms with Crippen LogP contribution >= 0.6 is 18.5 Å². The van der Waals surface area contributed by atoms with E-state index in [1.54, 1.807) is 37.6 Å². The number of likely N-dealkylation sites (tertiary alicyclic amines) is 1. The summed E-state index contributed by atoms with van der Waals surface area (Å²) in [5, 5.41) is 7.62. The lowest BCUT2D eigenvalue weighted by Gasteiger charge is -2.40. The average Bonchev–Trinajstić information content (AvgIpc) is 3.19. The number of halogens is 3. The lowest BCUT2D eigenvalue weighted by molar-refractivity contribution is -0.126. The molecular formula is C30H37F3N3O2PS. The van der Waals surface area contributed by atoms with Crippen LogP contribution in [0, 0.1) is 23.7 Å². The number of alkyl halides is 3. The van der Waals surface area contributed by atoms with Gasteiger partial charge < -0.3 is 24.8 Å². The highest BCUT2D eigenvalue weighted by atomic mass is 32.1. The minimum atomic E-state index is -4.41. The van der Waals surface area contributed by atoms with Crippen LogP contribution in [0.1, 0.15) is 28.4 Å². The second kappa shape index (κ2) is 12.1. The molecule has 1 saturated heterocycles. The van der Waals surface area contributed by atoms with Crippen LogP contribution < -0.4 is 20.7 Å². The molecule has 10 heteroatoms. The molecule has 0 aliphatic carbocycles. The second-order valence-electron chi connectivity index (χ2n) is 11.0. The van der Waals surface area contributed by atoms with Crippen molar-refractivity contribution in [2.24, 2.45) is 11.8 Å². The minimum absolute atomic E-state index is 0.00377. The summed E-state index contributed by atoms with van der Waals surface area (Å²) in [5.74, 6) is 6.54. The predicted octanol–water partition coefficient (Wildman–Crippen LogP) is 6.72. The van der Waals surface area contributed by atoms with Gasteiger partial charge in [-0.1, -0.05) is 37.8 Å². The number of methoxy groups -OCH3 is 1. The average molecular weight is 595 g/mol. The molecule has 2 N–H and O–H groups in total. The number of fused-ring (bicyclic) bond motifs is 1. The molecule has 1 aliphatic rings. The number of nitrogens with one attached hydrogen (secondary N) is 2. The van der Waals surface area contributed by atoms with E-state index in [4.69, 9.17) is 8.85 Å². The molecule has 2 heterocycles. The molecule has 1 fully saturated rings. The highest BCUT2D eigenvalue weighted by Gasteiger charge is 2.33. The maximum Gasteiger partial charge on any atom is 0.393 e. The zero-order valence-electron chi connectivity index (χ0n) is 26.3. The number of nitrogens with zero attached hydrogens (tertiary/aromatic N) is 1. The third kappa shape index (κ3) is 7.15. The quantitative estimate of drug-likeness (QED) is 0.235. The van der Waals surface area contributed by atoms with E-state index in [-0.39, 0.29) is 23.9 Å². The highest BCUT2D eigenvalue weighted by Crippen LogP contribution is 2.40. The third-order valence-electron chi connectivity index (χ3n) is 7.21. The van der Waals surface area contributed by atoms with Crippen molar-refractivity contribution < 1.29 is 26.6 Å². The van der Waals surface area contributed by atoms with Crippen LogP contribution in [0.4, 0.5) is 24.5 Å². The third-order valence-corrected chi connectivity index (χ3v) is 9.93. The van der Waals surface area contributed by atoms with E-state index in [1.165, 1.54) is 17.4 Å². The Labute approximate surface area is 243 Å². The number of hydrogen-bond acceptors (Lipinski definition) is 6. The van der Waals surface area contributed by atoms with Crippen LogP contribution in [-0.2, 0) is 11.0 Å². The predicted molar refractivity (Wildman–Crippen MR) is 162 cm³/mol. The van der Waals surface area contributed by atoms with Gasteiger partial charge in [0.05, 0.1) is 45.1 Å². The van der Waals surface area contributed by atoms with Gasteiger partial charge in [0.25, 0.3) is 0 Å². The van der Waals surface area contributed by atoms with E-state index < -0.39 is 26.8 Å². The molecular weight excluding hydrogens is 554 g/mol. The van der Waals surface area contributed by atoms with E-state index in [0.717, 1.165) is 23.5 Å². The topological polar surface area (TPSA) is 53.6 Å². The van der Waals surface area contributed by atoms with Crippen LogP contribution in [0.3, 0.4) is 0 Å². The molecule has 0 spiro atoms. The van der Waals surface area contributed by atoms with Crippen molar-refractivity contribution in [2.45, 2.75) is 32.5 Å². The summed E-state index contributed by atoms with van der Waals surface area (Å²) >= 11 is 1.24. The van der Waals surface area contributed by atoms with E-state index in [1.807, 2.05) is 6.07 Å². The van der Waals surface area contributed by atoms with Gasteiger partial charge in [0, 0.05) is 24.4 Å². The molecule has 2 aromatic carbocycles. The Morgan fingerprint density at radius 2 is 1.90 bits per heavy atom. The van der Waals surface area contributed by atoms with Gasteiger partial charge in [-0.15, -0.1) is 11.3 Å². The summed E-state index contributed by atoms with van der Waals surface area (Å²) in [6.45, 7) is 9.39. The maximum atomic E-state index is 13.7. The first-order valence-electron chi connectivity index (χ1n) is 14.6. The number of anilines is 2. The lowest BCUT2D eigenvalue weighted by Crippen LogP contribution is -2.49. The summed E-state index contributed by atoms with van der Waals surface area (Å²) < 4.78 is 81.9. The van der Waals surface area contributed by atoms with Gasteiger partial charge in [-0.05, 0) is 67.4 Å². The van der Waals surface area contributed by atoms with Crippen molar-refractivity contribution in [3.63, 3.8) is 0 Å².